The molecule has 7 nitrogen and oxygen atoms in total. The first-order valence-electron chi connectivity index (χ1n) is 9.84. The number of carbonyl (C=O) groups excluding carboxylic acids is 2. The fourth-order valence-corrected chi connectivity index (χ4v) is 4.43. The molecule has 33 heavy (non-hydrogen) atoms. The van der Waals surface area contributed by atoms with Crippen LogP contribution >= 0.6 is 23.4 Å². The van der Waals surface area contributed by atoms with Gasteiger partial charge in [-0.2, -0.15) is 13.2 Å². The number of aromatic nitrogens is 3. The van der Waals surface area contributed by atoms with E-state index in [4.69, 9.17) is 11.6 Å². The molecule has 0 atom stereocenters. The maximum atomic E-state index is 13.8. The number of imide groups is 1. The molecular weight excluding hydrogens is 479 g/mol. The molecule has 1 aliphatic heterocycles. The number of benzene rings is 2. The summed E-state index contributed by atoms with van der Waals surface area (Å²) in [5, 5.41) is 11.4. The van der Waals surface area contributed by atoms with E-state index in [2.05, 4.69) is 15.5 Å². The van der Waals surface area contributed by atoms with Gasteiger partial charge in [-0.3, -0.25) is 14.3 Å². The van der Waals surface area contributed by atoms with E-state index < -0.39 is 17.8 Å². The van der Waals surface area contributed by atoms with Gasteiger partial charge >= 0.3 is 12.2 Å². The van der Waals surface area contributed by atoms with Crippen molar-refractivity contribution >= 4 is 35.3 Å². The Labute approximate surface area is 195 Å². The number of amides is 3. The number of nitrogens with zero attached hydrogens (tertiary/aromatic N) is 4. The molecule has 0 radical (unpaired) electrons. The SMILES string of the molecule is O=C1CNC(=O)N1CCCSc1nnc(-c2cccc(Cl)c2)n1-c1ccccc1C(F)(F)F. The quantitative estimate of drug-likeness (QED) is 0.293. The van der Waals surface area contributed by atoms with Crippen molar-refractivity contribution in [3.05, 3.63) is 59.1 Å². The first-order valence-corrected chi connectivity index (χ1v) is 11.2. The molecule has 0 aliphatic carbocycles. The van der Waals surface area contributed by atoms with Gasteiger partial charge in [0, 0.05) is 22.9 Å². The Morgan fingerprint density at radius 3 is 2.58 bits per heavy atom. The van der Waals surface area contributed by atoms with Gasteiger partial charge < -0.3 is 5.32 Å². The van der Waals surface area contributed by atoms with Crippen LogP contribution in [0.25, 0.3) is 17.1 Å². The van der Waals surface area contributed by atoms with E-state index in [1.165, 1.54) is 34.5 Å². The minimum Gasteiger partial charge on any atom is -0.329 e. The Kier molecular flexibility index (Phi) is 6.61. The Balaban J connectivity index is 1.66. The van der Waals surface area contributed by atoms with Crippen molar-refractivity contribution in [2.24, 2.45) is 0 Å². The second kappa shape index (κ2) is 9.44. The van der Waals surface area contributed by atoms with E-state index >= 15 is 0 Å². The standard InChI is InChI=1S/C21H17ClF3N5O2S/c22-14-6-3-5-13(11-14)18-27-28-20(33-10-4-9-29-17(31)12-26-19(29)32)30(18)16-8-2-1-7-15(16)21(23,24)25/h1-3,5-8,11H,4,9-10,12H2,(H,26,32). The van der Waals surface area contributed by atoms with Gasteiger partial charge in [0.05, 0.1) is 17.8 Å². The molecule has 1 saturated heterocycles. The van der Waals surface area contributed by atoms with Crippen LogP contribution in [0, 0.1) is 0 Å². The van der Waals surface area contributed by atoms with Crippen LogP contribution in [0.1, 0.15) is 12.0 Å². The first kappa shape index (κ1) is 23.1. The highest BCUT2D eigenvalue weighted by molar-refractivity contribution is 7.99. The number of para-hydroxylation sites is 1. The number of rotatable bonds is 7. The molecule has 0 spiro atoms. The number of nitrogens with one attached hydrogen (secondary N) is 1. The third kappa shape index (κ3) is 4.98. The van der Waals surface area contributed by atoms with Crippen LogP contribution < -0.4 is 5.32 Å². The van der Waals surface area contributed by atoms with Gasteiger partial charge in [-0.05, 0) is 30.7 Å². The van der Waals surface area contributed by atoms with Crippen LogP contribution in [0.5, 0.6) is 0 Å². The highest BCUT2D eigenvalue weighted by Gasteiger charge is 2.35. The largest absolute Gasteiger partial charge is 0.418 e. The molecule has 1 aliphatic rings. The number of carbonyl (C=O) groups is 2. The Morgan fingerprint density at radius 1 is 1.09 bits per heavy atom. The lowest BCUT2D eigenvalue weighted by Gasteiger charge is -2.17. The summed E-state index contributed by atoms with van der Waals surface area (Å²) in [5.74, 6) is 0.306. The minimum atomic E-state index is -4.59. The number of halogens is 4. The van der Waals surface area contributed by atoms with E-state index in [1.54, 1.807) is 24.3 Å². The zero-order valence-electron chi connectivity index (χ0n) is 17.0. The summed E-state index contributed by atoms with van der Waals surface area (Å²) in [6.45, 7) is 0.170. The molecule has 4 rings (SSSR count). The van der Waals surface area contributed by atoms with Crippen LogP contribution in [0.3, 0.4) is 0 Å². The molecule has 1 aromatic heterocycles. The van der Waals surface area contributed by atoms with Crippen LogP contribution in [0.15, 0.2) is 53.7 Å². The Hall–Kier alpha value is -3.05. The van der Waals surface area contributed by atoms with E-state index in [0.717, 1.165) is 11.0 Å². The van der Waals surface area contributed by atoms with E-state index in [-0.39, 0.29) is 35.7 Å². The fraction of sp³-hybridized carbons (Fsp3) is 0.238. The summed E-state index contributed by atoms with van der Waals surface area (Å²) >= 11 is 7.27. The minimum absolute atomic E-state index is 0.0302. The third-order valence-corrected chi connectivity index (χ3v) is 6.11. The second-order valence-electron chi connectivity index (χ2n) is 7.07. The summed E-state index contributed by atoms with van der Waals surface area (Å²) < 4.78 is 42.7. The number of alkyl halides is 3. The van der Waals surface area contributed by atoms with Gasteiger partial charge in [0.25, 0.3) is 0 Å². The molecule has 2 heterocycles. The monoisotopic (exact) mass is 495 g/mol. The van der Waals surface area contributed by atoms with Crippen molar-refractivity contribution in [2.45, 2.75) is 17.8 Å². The van der Waals surface area contributed by atoms with Crippen molar-refractivity contribution in [3.63, 3.8) is 0 Å². The van der Waals surface area contributed by atoms with Crippen LogP contribution in [0.4, 0.5) is 18.0 Å². The highest BCUT2D eigenvalue weighted by Crippen LogP contribution is 2.37. The fourth-order valence-electron chi connectivity index (χ4n) is 3.37. The zero-order valence-corrected chi connectivity index (χ0v) is 18.5. The number of hydrogen-bond donors (Lipinski definition) is 1. The molecule has 0 bridgehead atoms. The maximum Gasteiger partial charge on any atom is 0.418 e. The lowest BCUT2D eigenvalue weighted by Crippen LogP contribution is -2.32. The summed E-state index contributed by atoms with van der Waals surface area (Å²) in [5.41, 5.74) is -0.422. The van der Waals surface area contributed by atoms with Gasteiger partial charge in [0.15, 0.2) is 11.0 Å². The summed E-state index contributed by atoms with van der Waals surface area (Å²) in [7, 11) is 0. The van der Waals surface area contributed by atoms with Crippen molar-refractivity contribution in [3.8, 4) is 17.1 Å². The molecule has 3 aromatic rings. The average Bonchev–Trinajstić information content (AvgIpc) is 3.34. The summed E-state index contributed by atoms with van der Waals surface area (Å²) in [6, 6.07) is 11.4. The predicted molar refractivity (Wildman–Crippen MR) is 117 cm³/mol. The number of thioether (sulfide) groups is 1. The molecule has 1 N–H and O–H groups in total. The average molecular weight is 496 g/mol. The van der Waals surface area contributed by atoms with Gasteiger partial charge in [0.2, 0.25) is 5.91 Å². The molecule has 2 aromatic carbocycles. The number of hydrogen-bond acceptors (Lipinski definition) is 5. The normalized spacial score (nSPS) is 14.1. The van der Waals surface area contributed by atoms with E-state index in [9.17, 15) is 22.8 Å². The zero-order chi connectivity index (χ0) is 23.6. The van der Waals surface area contributed by atoms with E-state index in [0.29, 0.717) is 22.8 Å². The van der Waals surface area contributed by atoms with Gasteiger partial charge in [-0.1, -0.05) is 47.6 Å². The molecule has 0 saturated carbocycles. The molecule has 12 heteroatoms. The lowest BCUT2D eigenvalue weighted by molar-refractivity contribution is -0.137. The topological polar surface area (TPSA) is 80.1 Å². The molecule has 172 valence electrons. The van der Waals surface area contributed by atoms with Crippen LogP contribution in [-0.4, -0.2) is 50.4 Å². The van der Waals surface area contributed by atoms with Crippen molar-refractivity contribution in [1.82, 2.24) is 25.0 Å². The smallest absolute Gasteiger partial charge is 0.329 e. The highest BCUT2D eigenvalue weighted by atomic mass is 35.5. The van der Waals surface area contributed by atoms with E-state index in [1.807, 2.05) is 0 Å². The van der Waals surface area contributed by atoms with Crippen molar-refractivity contribution < 1.29 is 22.8 Å². The van der Waals surface area contributed by atoms with Gasteiger partial charge in [0.1, 0.15) is 0 Å². The lowest BCUT2D eigenvalue weighted by atomic mass is 10.1. The van der Waals surface area contributed by atoms with Crippen molar-refractivity contribution in [1.29, 1.82) is 0 Å². The van der Waals surface area contributed by atoms with Crippen LogP contribution in [-0.2, 0) is 11.0 Å². The Bertz CT molecular complexity index is 1180. The third-order valence-electron chi connectivity index (χ3n) is 4.86. The van der Waals surface area contributed by atoms with Crippen LogP contribution in [0.2, 0.25) is 5.02 Å². The summed E-state index contributed by atoms with van der Waals surface area (Å²) in [4.78, 5) is 24.5. The van der Waals surface area contributed by atoms with Gasteiger partial charge in [-0.15, -0.1) is 10.2 Å². The summed E-state index contributed by atoms with van der Waals surface area (Å²) in [6.07, 6.45) is -4.15. The second-order valence-corrected chi connectivity index (χ2v) is 8.57. The number of urea groups is 1. The molecule has 0 unspecified atom stereocenters. The molecular formula is C21H17ClF3N5O2S. The van der Waals surface area contributed by atoms with Crippen molar-refractivity contribution in [2.75, 3.05) is 18.8 Å². The Morgan fingerprint density at radius 2 is 1.88 bits per heavy atom. The first-order chi connectivity index (χ1) is 15.8. The molecule has 1 fully saturated rings. The predicted octanol–water partition coefficient (Wildman–Crippen LogP) is 4.64. The maximum absolute atomic E-state index is 13.8. The van der Waals surface area contributed by atoms with Gasteiger partial charge in [-0.25, -0.2) is 4.79 Å². The molecule has 3 amide bonds.